The molecule has 0 bridgehead atoms. The molecule has 2 nitrogen and oxygen atoms in total. The van der Waals surface area contributed by atoms with Crippen molar-refractivity contribution in [2.24, 2.45) is 5.41 Å². The van der Waals surface area contributed by atoms with Gasteiger partial charge in [-0.2, -0.15) is 0 Å². The van der Waals surface area contributed by atoms with Crippen LogP contribution in [0, 0.1) is 5.41 Å². The SMILES string of the molecule is C1=CC2(C=CN1)CCNC2. The van der Waals surface area contributed by atoms with Crippen molar-refractivity contribution in [2.75, 3.05) is 13.1 Å². The number of nitrogens with one attached hydrogen (secondary N) is 2. The van der Waals surface area contributed by atoms with Crippen LogP contribution in [0.15, 0.2) is 24.6 Å². The van der Waals surface area contributed by atoms with Crippen LogP contribution in [0.5, 0.6) is 0 Å². The summed E-state index contributed by atoms with van der Waals surface area (Å²) in [7, 11) is 0. The molecule has 54 valence electrons. The topological polar surface area (TPSA) is 24.1 Å². The van der Waals surface area contributed by atoms with E-state index in [1.54, 1.807) is 0 Å². The minimum atomic E-state index is 0.339. The van der Waals surface area contributed by atoms with Crippen LogP contribution in [-0.4, -0.2) is 13.1 Å². The van der Waals surface area contributed by atoms with Crippen molar-refractivity contribution >= 4 is 0 Å². The molecule has 1 saturated heterocycles. The summed E-state index contributed by atoms with van der Waals surface area (Å²) >= 11 is 0. The van der Waals surface area contributed by atoms with E-state index in [0.29, 0.717) is 5.41 Å². The van der Waals surface area contributed by atoms with Gasteiger partial charge in [-0.1, -0.05) is 12.2 Å². The van der Waals surface area contributed by atoms with E-state index in [9.17, 15) is 0 Å². The van der Waals surface area contributed by atoms with Crippen LogP contribution in [0.25, 0.3) is 0 Å². The number of hydrogen-bond acceptors (Lipinski definition) is 2. The Hall–Kier alpha value is -0.760. The first-order chi connectivity index (χ1) is 4.91. The molecule has 0 unspecified atom stereocenters. The van der Waals surface area contributed by atoms with Crippen LogP contribution in [0.2, 0.25) is 0 Å². The van der Waals surface area contributed by atoms with Gasteiger partial charge in [0, 0.05) is 12.0 Å². The van der Waals surface area contributed by atoms with Crippen LogP contribution in [0.1, 0.15) is 6.42 Å². The summed E-state index contributed by atoms with van der Waals surface area (Å²) in [6.45, 7) is 2.25. The maximum atomic E-state index is 3.35. The molecule has 2 N–H and O–H groups in total. The molecule has 2 heteroatoms. The fraction of sp³-hybridized carbons (Fsp3) is 0.500. The predicted octanol–water partition coefficient (Wildman–Crippen LogP) is 0.597. The smallest absolute Gasteiger partial charge is 0.0232 e. The van der Waals surface area contributed by atoms with E-state index in [2.05, 4.69) is 22.8 Å². The molecular formula is C8H12N2. The molecule has 0 atom stereocenters. The van der Waals surface area contributed by atoms with Gasteiger partial charge in [0.15, 0.2) is 0 Å². The first kappa shape index (κ1) is 5.98. The highest BCUT2D eigenvalue weighted by Crippen LogP contribution is 2.29. The van der Waals surface area contributed by atoms with Crippen LogP contribution >= 0.6 is 0 Å². The summed E-state index contributed by atoms with van der Waals surface area (Å²) in [6.07, 6.45) is 9.77. The Morgan fingerprint density at radius 1 is 1.20 bits per heavy atom. The van der Waals surface area contributed by atoms with Crippen molar-refractivity contribution in [3.05, 3.63) is 24.6 Å². The van der Waals surface area contributed by atoms with E-state index in [0.717, 1.165) is 13.1 Å². The third-order valence-corrected chi connectivity index (χ3v) is 2.24. The molecule has 2 heterocycles. The van der Waals surface area contributed by atoms with Crippen molar-refractivity contribution in [3.8, 4) is 0 Å². The Labute approximate surface area is 61.0 Å². The third kappa shape index (κ3) is 0.847. The molecule has 0 saturated carbocycles. The van der Waals surface area contributed by atoms with Crippen molar-refractivity contribution in [3.63, 3.8) is 0 Å². The fourth-order valence-corrected chi connectivity index (χ4v) is 1.55. The van der Waals surface area contributed by atoms with Gasteiger partial charge < -0.3 is 10.6 Å². The highest BCUT2D eigenvalue weighted by atomic mass is 14.9. The van der Waals surface area contributed by atoms with Crippen LogP contribution < -0.4 is 10.6 Å². The summed E-state index contributed by atoms with van der Waals surface area (Å²) in [6, 6.07) is 0. The van der Waals surface area contributed by atoms with Gasteiger partial charge in [-0.15, -0.1) is 0 Å². The molecular weight excluding hydrogens is 124 g/mol. The van der Waals surface area contributed by atoms with Crippen LogP contribution in [-0.2, 0) is 0 Å². The number of hydrogen-bond donors (Lipinski definition) is 2. The zero-order chi connectivity index (χ0) is 6.86. The molecule has 2 rings (SSSR count). The molecule has 0 aliphatic carbocycles. The van der Waals surface area contributed by atoms with Gasteiger partial charge in [0.05, 0.1) is 0 Å². The molecule has 1 spiro atoms. The predicted molar refractivity (Wildman–Crippen MR) is 41.3 cm³/mol. The highest BCUT2D eigenvalue weighted by molar-refractivity contribution is 5.18. The summed E-state index contributed by atoms with van der Waals surface area (Å²) in [5, 5.41) is 6.40. The third-order valence-electron chi connectivity index (χ3n) is 2.24. The van der Waals surface area contributed by atoms with Gasteiger partial charge in [0.1, 0.15) is 0 Å². The van der Waals surface area contributed by atoms with Crippen LogP contribution in [0.3, 0.4) is 0 Å². The van der Waals surface area contributed by atoms with Gasteiger partial charge >= 0.3 is 0 Å². The minimum absolute atomic E-state index is 0.339. The van der Waals surface area contributed by atoms with Crippen molar-refractivity contribution in [1.29, 1.82) is 0 Å². The Morgan fingerprint density at radius 3 is 2.60 bits per heavy atom. The average Bonchev–Trinajstić information content (AvgIpc) is 2.39. The number of dihydropyridines is 1. The first-order valence-corrected chi connectivity index (χ1v) is 3.74. The second-order valence-electron chi connectivity index (χ2n) is 2.99. The Bertz CT molecular complexity index is 162. The van der Waals surface area contributed by atoms with E-state index in [1.807, 2.05) is 12.4 Å². The highest BCUT2D eigenvalue weighted by Gasteiger charge is 2.28. The second kappa shape index (κ2) is 2.13. The fourth-order valence-electron chi connectivity index (χ4n) is 1.55. The van der Waals surface area contributed by atoms with E-state index >= 15 is 0 Å². The first-order valence-electron chi connectivity index (χ1n) is 3.74. The lowest BCUT2D eigenvalue weighted by Crippen LogP contribution is -2.22. The lowest BCUT2D eigenvalue weighted by molar-refractivity contribution is 0.539. The molecule has 0 amide bonds. The minimum Gasteiger partial charge on any atom is -0.368 e. The van der Waals surface area contributed by atoms with E-state index in [4.69, 9.17) is 0 Å². The van der Waals surface area contributed by atoms with E-state index in [1.165, 1.54) is 6.42 Å². The monoisotopic (exact) mass is 136 g/mol. The maximum Gasteiger partial charge on any atom is 0.0232 e. The lowest BCUT2D eigenvalue weighted by Gasteiger charge is -2.21. The standard InChI is InChI=1S/C8H12N2/c1-4-9-5-2-8(1)3-6-10-7-8/h1-2,4-5,9-10H,3,6-7H2. The molecule has 0 radical (unpaired) electrons. The van der Waals surface area contributed by atoms with E-state index in [-0.39, 0.29) is 0 Å². The zero-order valence-corrected chi connectivity index (χ0v) is 5.93. The Balaban J connectivity index is 2.19. The Morgan fingerprint density at radius 2 is 2.00 bits per heavy atom. The maximum absolute atomic E-state index is 3.35. The quantitative estimate of drug-likeness (QED) is 0.509. The lowest BCUT2D eigenvalue weighted by atomic mass is 9.86. The molecule has 0 aromatic carbocycles. The molecule has 0 aromatic heterocycles. The molecule has 2 aliphatic rings. The van der Waals surface area contributed by atoms with Gasteiger partial charge in [0.25, 0.3) is 0 Å². The molecule has 2 aliphatic heterocycles. The summed E-state index contributed by atoms with van der Waals surface area (Å²) < 4.78 is 0. The van der Waals surface area contributed by atoms with Gasteiger partial charge in [-0.05, 0) is 25.4 Å². The average molecular weight is 136 g/mol. The number of rotatable bonds is 0. The Kier molecular flexibility index (Phi) is 1.27. The van der Waals surface area contributed by atoms with Gasteiger partial charge in [-0.25, -0.2) is 0 Å². The van der Waals surface area contributed by atoms with Gasteiger partial charge in [0.2, 0.25) is 0 Å². The largest absolute Gasteiger partial charge is 0.368 e. The van der Waals surface area contributed by atoms with Crippen molar-refractivity contribution in [2.45, 2.75) is 6.42 Å². The molecule has 10 heavy (non-hydrogen) atoms. The summed E-state index contributed by atoms with van der Waals surface area (Å²) in [4.78, 5) is 0. The normalized spacial score (nSPS) is 27.2. The molecule has 0 aromatic rings. The van der Waals surface area contributed by atoms with Crippen molar-refractivity contribution < 1.29 is 0 Å². The molecule has 1 fully saturated rings. The summed E-state index contributed by atoms with van der Waals surface area (Å²) in [5.74, 6) is 0. The second-order valence-corrected chi connectivity index (χ2v) is 2.99. The van der Waals surface area contributed by atoms with Gasteiger partial charge in [-0.3, -0.25) is 0 Å². The van der Waals surface area contributed by atoms with Crippen molar-refractivity contribution in [1.82, 2.24) is 10.6 Å². The zero-order valence-electron chi connectivity index (χ0n) is 5.93. The van der Waals surface area contributed by atoms with E-state index < -0.39 is 0 Å². The van der Waals surface area contributed by atoms with Crippen LogP contribution in [0.4, 0.5) is 0 Å². The summed E-state index contributed by atoms with van der Waals surface area (Å²) in [5.41, 5.74) is 0.339.